The Morgan fingerprint density at radius 2 is 1.89 bits per heavy atom. The van der Waals surface area contributed by atoms with Crippen LogP contribution in [0.2, 0.25) is 0 Å². The number of rotatable bonds is 3. The lowest BCUT2D eigenvalue weighted by molar-refractivity contribution is -0.145. The molecule has 0 aliphatic carbocycles. The van der Waals surface area contributed by atoms with E-state index in [2.05, 4.69) is 0 Å². The molecule has 2 radical (unpaired) electrons. The number of carbonyl (C=O) groups is 2. The third kappa shape index (κ3) is 3.48. The van der Waals surface area contributed by atoms with Gasteiger partial charge in [-0.3, -0.25) is 9.59 Å². The molecule has 0 unspecified atom stereocenters. The molecule has 0 saturated heterocycles. The van der Waals surface area contributed by atoms with E-state index in [1.165, 1.54) is 0 Å². The van der Waals surface area contributed by atoms with Crippen molar-refractivity contribution < 1.29 is 19.8 Å². The van der Waals surface area contributed by atoms with Crippen LogP contribution in [0, 0.1) is 0 Å². The average molecular weight is 132 g/mol. The molecule has 5 heteroatoms. The van der Waals surface area contributed by atoms with Gasteiger partial charge < -0.3 is 10.2 Å². The van der Waals surface area contributed by atoms with Crippen LogP contribution >= 0.6 is 0 Å². The first kappa shape index (κ1) is 7.90. The zero-order chi connectivity index (χ0) is 7.44. The van der Waals surface area contributed by atoms with Crippen molar-refractivity contribution in [1.29, 1.82) is 0 Å². The van der Waals surface area contributed by atoms with Crippen LogP contribution in [0.5, 0.6) is 0 Å². The maximum atomic E-state index is 9.72. The van der Waals surface area contributed by atoms with E-state index in [0.717, 1.165) is 0 Å². The summed E-state index contributed by atoms with van der Waals surface area (Å²) in [5.74, 6) is -2.85. The highest BCUT2D eigenvalue weighted by molar-refractivity contribution is 5.80. The van der Waals surface area contributed by atoms with Crippen LogP contribution < -0.4 is 5.73 Å². The van der Waals surface area contributed by atoms with E-state index < -0.39 is 24.4 Å². The molecule has 0 fully saturated rings. The molecule has 5 nitrogen and oxygen atoms in total. The minimum atomic E-state index is -1.79. The van der Waals surface area contributed by atoms with Gasteiger partial charge in [0, 0.05) is 0 Å². The second-order valence-corrected chi connectivity index (χ2v) is 1.45. The minimum Gasteiger partial charge on any atom is -0.481 e. The Morgan fingerprint density at radius 1 is 1.44 bits per heavy atom. The summed E-state index contributed by atoms with van der Waals surface area (Å²) in [5.41, 5.74) is 8.32. The zero-order valence-electron chi connectivity index (χ0n) is 4.44. The highest BCUT2D eigenvalue weighted by Gasteiger charge is 2.16. The minimum absolute atomic E-state index is 0.755. The first-order valence-electron chi connectivity index (χ1n) is 2.16. The van der Waals surface area contributed by atoms with E-state index in [-0.39, 0.29) is 0 Å². The summed E-state index contributed by atoms with van der Waals surface area (Å²) in [6, 6.07) is -1.79. The number of hydrogen-bond donors (Lipinski definition) is 2. The molecule has 0 heterocycles. The molecular weight excluding hydrogens is 127 g/mol. The van der Waals surface area contributed by atoms with Crippen LogP contribution in [0.15, 0.2) is 0 Å². The average Bonchev–Trinajstić information content (AvgIpc) is 1.63. The first-order valence-corrected chi connectivity index (χ1v) is 2.16. The van der Waals surface area contributed by atoms with Gasteiger partial charge in [0.1, 0.15) is 0 Å². The maximum Gasteiger partial charge on any atom is 0.324 e. The van der Waals surface area contributed by atoms with Crippen LogP contribution in [0.4, 0.5) is 0 Å². The predicted molar refractivity (Wildman–Crippen MR) is 25.8 cm³/mol. The summed E-state index contributed by atoms with van der Waals surface area (Å²) in [5, 5.41) is 15.8. The fourth-order valence-corrected chi connectivity index (χ4v) is 0.253. The number of carboxylic acids is 2. The smallest absolute Gasteiger partial charge is 0.324 e. The summed E-state index contributed by atoms with van der Waals surface area (Å²) in [4.78, 5) is 19.4. The maximum absolute atomic E-state index is 9.72. The van der Waals surface area contributed by atoms with Crippen molar-refractivity contribution in [3.05, 3.63) is 0 Å². The van der Waals surface area contributed by atoms with Crippen molar-refractivity contribution in [2.24, 2.45) is 0 Å². The number of nitrogens with zero attached hydrogens (tertiary/aromatic N) is 1. The number of hydrogen-bond acceptors (Lipinski definition) is 2. The van der Waals surface area contributed by atoms with Crippen molar-refractivity contribution in [3.8, 4) is 0 Å². The van der Waals surface area contributed by atoms with E-state index in [4.69, 9.17) is 15.9 Å². The predicted octanol–water partition coefficient (Wildman–Crippen LogP) is -1.02. The topological polar surface area (TPSA) is 96.9 Å². The molecule has 9 heavy (non-hydrogen) atoms. The second-order valence-electron chi connectivity index (χ2n) is 1.45. The molecule has 0 aliphatic heterocycles. The van der Waals surface area contributed by atoms with Crippen LogP contribution in [0.1, 0.15) is 6.42 Å². The van der Waals surface area contributed by atoms with E-state index in [0.29, 0.717) is 0 Å². The van der Waals surface area contributed by atoms with Gasteiger partial charge >= 0.3 is 11.9 Å². The van der Waals surface area contributed by atoms with Crippen molar-refractivity contribution in [3.63, 3.8) is 0 Å². The van der Waals surface area contributed by atoms with Gasteiger partial charge in [0.2, 0.25) is 0 Å². The van der Waals surface area contributed by atoms with Crippen LogP contribution in [0.25, 0.3) is 0 Å². The molecular formula is C4H5NO4. The van der Waals surface area contributed by atoms with E-state index in [1.54, 1.807) is 0 Å². The molecule has 0 bridgehead atoms. The summed E-state index contributed by atoms with van der Waals surface area (Å²) in [6.45, 7) is 0. The monoisotopic (exact) mass is 132 g/mol. The Labute approximate surface area is 51.1 Å². The summed E-state index contributed by atoms with van der Waals surface area (Å²) in [6.07, 6.45) is -0.755. The lowest BCUT2D eigenvalue weighted by atomic mass is 10.2. The van der Waals surface area contributed by atoms with Crippen LogP contribution in [0.3, 0.4) is 0 Å². The van der Waals surface area contributed by atoms with E-state index in [1.807, 2.05) is 0 Å². The Kier molecular flexibility index (Phi) is 2.66. The molecule has 0 aromatic carbocycles. The van der Waals surface area contributed by atoms with E-state index >= 15 is 0 Å². The Hall–Kier alpha value is -1.10. The van der Waals surface area contributed by atoms with Crippen molar-refractivity contribution in [1.82, 2.24) is 5.73 Å². The van der Waals surface area contributed by atoms with E-state index in [9.17, 15) is 9.59 Å². The van der Waals surface area contributed by atoms with Gasteiger partial charge in [-0.05, 0) is 0 Å². The lowest BCUT2D eigenvalue weighted by Gasteiger charge is -1.96. The molecule has 0 rings (SSSR count). The highest BCUT2D eigenvalue weighted by Crippen LogP contribution is 1.88. The molecule has 0 aromatic heterocycles. The largest absolute Gasteiger partial charge is 0.481 e. The van der Waals surface area contributed by atoms with Crippen LogP contribution in [-0.4, -0.2) is 28.2 Å². The van der Waals surface area contributed by atoms with Crippen molar-refractivity contribution in [2.75, 3.05) is 0 Å². The highest BCUT2D eigenvalue weighted by atomic mass is 16.4. The SMILES string of the molecule is [15N][C@@H](CC(=O)O)C(=O)O. The molecule has 50 valence electrons. The van der Waals surface area contributed by atoms with Gasteiger partial charge in [-0.15, -0.1) is 5.73 Å². The standard InChI is InChI=1S/C4H5NO4/c5-2(4(8)9)1-3(6)7/h2H,1H2,(H,6,7)(H,8,9)/t2-/m0/s1/i5+1. The number of aliphatic carboxylic acids is 2. The quantitative estimate of drug-likeness (QED) is 0.480. The molecule has 0 aliphatic rings. The fourth-order valence-electron chi connectivity index (χ4n) is 0.253. The van der Waals surface area contributed by atoms with Gasteiger partial charge in [0.05, 0.1) is 6.42 Å². The summed E-state index contributed by atoms with van der Waals surface area (Å²) in [7, 11) is 0. The molecule has 1 atom stereocenters. The third-order valence-electron chi connectivity index (χ3n) is 0.653. The molecule has 0 amide bonds. The molecule has 0 saturated carbocycles. The summed E-state index contributed by atoms with van der Waals surface area (Å²) < 4.78 is 0. The van der Waals surface area contributed by atoms with Gasteiger partial charge in [-0.2, -0.15) is 0 Å². The molecule has 0 aromatic rings. The molecule has 0 spiro atoms. The Balaban J connectivity index is 3.63. The van der Waals surface area contributed by atoms with Gasteiger partial charge in [0.15, 0.2) is 6.04 Å². The first-order chi connectivity index (χ1) is 4.04. The van der Waals surface area contributed by atoms with Crippen molar-refractivity contribution in [2.45, 2.75) is 12.5 Å². The second kappa shape index (κ2) is 3.03. The van der Waals surface area contributed by atoms with Gasteiger partial charge in [0.25, 0.3) is 0 Å². The number of carboxylic acid groups (broad SMARTS) is 2. The van der Waals surface area contributed by atoms with Gasteiger partial charge in [-0.25, -0.2) is 0 Å². The Morgan fingerprint density at radius 3 is 2.00 bits per heavy atom. The normalized spacial score (nSPS) is 12.6. The lowest BCUT2D eigenvalue weighted by Crippen LogP contribution is -2.24. The zero-order valence-corrected chi connectivity index (χ0v) is 4.44. The van der Waals surface area contributed by atoms with Crippen molar-refractivity contribution >= 4 is 11.9 Å². The van der Waals surface area contributed by atoms with Gasteiger partial charge in [-0.1, -0.05) is 0 Å². The third-order valence-corrected chi connectivity index (χ3v) is 0.653. The van der Waals surface area contributed by atoms with Crippen LogP contribution in [-0.2, 0) is 9.59 Å². The summed E-state index contributed by atoms with van der Waals surface area (Å²) >= 11 is 0. The molecule has 2 N–H and O–H groups in total. The Bertz CT molecular complexity index is 133. The fraction of sp³-hybridized carbons (Fsp3) is 0.500.